The van der Waals surface area contributed by atoms with Crippen LogP contribution in [-0.2, 0) is 21.1 Å². The first-order valence-corrected chi connectivity index (χ1v) is 7.65. The van der Waals surface area contributed by atoms with E-state index in [-0.39, 0.29) is 0 Å². The Balaban J connectivity index is 2.38. The van der Waals surface area contributed by atoms with Gasteiger partial charge in [-0.15, -0.1) is 0 Å². The van der Waals surface area contributed by atoms with Crippen molar-refractivity contribution >= 4 is 27.1 Å². The SMILES string of the molecule is CC(C(=O)N1CCc2cccc(N)c21)S(C)(=O)=O. The third-order valence-corrected chi connectivity index (χ3v) is 4.77. The average Bonchev–Trinajstić information content (AvgIpc) is 2.71. The molecule has 6 heteroatoms. The van der Waals surface area contributed by atoms with Gasteiger partial charge in [-0.05, 0) is 25.0 Å². The van der Waals surface area contributed by atoms with Crippen LogP contribution in [0.15, 0.2) is 18.2 Å². The molecular formula is C12H16N2O3S. The van der Waals surface area contributed by atoms with Crippen LogP contribution in [0.5, 0.6) is 0 Å². The van der Waals surface area contributed by atoms with Gasteiger partial charge in [0, 0.05) is 12.8 Å². The van der Waals surface area contributed by atoms with Crippen LogP contribution in [0.3, 0.4) is 0 Å². The highest BCUT2D eigenvalue weighted by molar-refractivity contribution is 7.92. The van der Waals surface area contributed by atoms with E-state index in [2.05, 4.69) is 0 Å². The number of rotatable bonds is 2. The summed E-state index contributed by atoms with van der Waals surface area (Å²) in [6.07, 6.45) is 1.78. The van der Waals surface area contributed by atoms with Crippen LogP contribution < -0.4 is 10.6 Å². The normalized spacial score (nSPS) is 16.4. The Bertz CT molecular complexity index is 595. The summed E-state index contributed by atoms with van der Waals surface area (Å²) in [6.45, 7) is 1.90. The minimum Gasteiger partial charge on any atom is -0.397 e. The molecular weight excluding hydrogens is 252 g/mol. The standard InChI is InChI=1S/C12H16N2O3S/c1-8(18(2,16)17)12(15)14-7-6-9-4-3-5-10(13)11(9)14/h3-5,8H,6-7,13H2,1-2H3. The molecule has 0 saturated heterocycles. The lowest BCUT2D eigenvalue weighted by Crippen LogP contribution is -2.40. The number of carbonyl (C=O) groups excluding carboxylic acids is 1. The molecule has 2 N–H and O–H groups in total. The molecule has 1 aromatic rings. The van der Waals surface area contributed by atoms with Gasteiger partial charge in [0.25, 0.3) is 0 Å². The minimum atomic E-state index is -3.39. The number of benzene rings is 1. The van der Waals surface area contributed by atoms with Gasteiger partial charge in [0.1, 0.15) is 5.25 Å². The number of nitrogens with two attached hydrogens (primary N) is 1. The summed E-state index contributed by atoms with van der Waals surface area (Å²) in [7, 11) is -3.39. The van der Waals surface area contributed by atoms with Crippen molar-refractivity contribution in [2.45, 2.75) is 18.6 Å². The number of nitrogens with zero attached hydrogens (tertiary/aromatic N) is 1. The second kappa shape index (κ2) is 4.28. The number of sulfone groups is 1. The lowest BCUT2D eigenvalue weighted by atomic mass is 10.1. The maximum Gasteiger partial charge on any atom is 0.245 e. The van der Waals surface area contributed by atoms with Gasteiger partial charge in [-0.3, -0.25) is 4.79 Å². The molecule has 1 heterocycles. The maximum atomic E-state index is 12.2. The topological polar surface area (TPSA) is 80.5 Å². The quantitative estimate of drug-likeness (QED) is 0.796. The summed E-state index contributed by atoms with van der Waals surface area (Å²) in [6, 6.07) is 5.46. The van der Waals surface area contributed by atoms with Crippen molar-refractivity contribution in [2.24, 2.45) is 0 Å². The van der Waals surface area contributed by atoms with E-state index >= 15 is 0 Å². The van der Waals surface area contributed by atoms with Crippen LogP contribution in [0.2, 0.25) is 0 Å². The van der Waals surface area contributed by atoms with Crippen molar-refractivity contribution in [3.63, 3.8) is 0 Å². The highest BCUT2D eigenvalue weighted by Gasteiger charge is 2.33. The molecule has 1 unspecified atom stereocenters. The fraction of sp³-hybridized carbons (Fsp3) is 0.417. The fourth-order valence-corrected chi connectivity index (χ4v) is 2.60. The minimum absolute atomic E-state index is 0.408. The molecule has 1 atom stereocenters. The third-order valence-electron chi connectivity index (χ3n) is 3.28. The zero-order valence-electron chi connectivity index (χ0n) is 10.4. The summed E-state index contributed by atoms with van der Waals surface area (Å²) >= 11 is 0. The number of anilines is 2. The highest BCUT2D eigenvalue weighted by atomic mass is 32.2. The lowest BCUT2D eigenvalue weighted by molar-refractivity contribution is -0.117. The van der Waals surface area contributed by atoms with Crippen LogP contribution in [0.1, 0.15) is 12.5 Å². The van der Waals surface area contributed by atoms with Crippen LogP contribution >= 0.6 is 0 Å². The summed E-state index contributed by atoms with van der Waals surface area (Å²) in [4.78, 5) is 13.7. The molecule has 0 aromatic heterocycles. The molecule has 1 aliphatic rings. The van der Waals surface area contributed by atoms with Gasteiger partial charge in [0.15, 0.2) is 9.84 Å². The zero-order chi connectivity index (χ0) is 13.5. The number of amides is 1. The smallest absolute Gasteiger partial charge is 0.245 e. The largest absolute Gasteiger partial charge is 0.397 e. The monoisotopic (exact) mass is 268 g/mol. The predicted octanol–water partition coefficient (Wildman–Crippen LogP) is 0.591. The Kier molecular flexibility index (Phi) is 3.06. The van der Waals surface area contributed by atoms with Gasteiger partial charge in [0.05, 0.1) is 11.4 Å². The molecule has 0 aliphatic carbocycles. The first kappa shape index (κ1) is 12.9. The van der Waals surface area contributed by atoms with Crippen molar-refractivity contribution in [2.75, 3.05) is 23.4 Å². The maximum absolute atomic E-state index is 12.2. The molecule has 98 valence electrons. The van der Waals surface area contributed by atoms with Gasteiger partial charge in [-0.2, -0.15) is 0 Å². The highest BCUT2D eigenvalue weighted by Crippen LogP contribution is 2.34. The number of para-hydroxylation sites is 1. The molecule has 0 radical (unpaired) electrons. The summed E-state index contributed by atoms with van der Waals surface area (Å²) in [5, 5.41) is -1.04. The van der Waals surface area contributed by atoms with Crippen molar-refractivity contribution in [1.29, 1.82) is 0 Å². The Morgan fingerprint density at radius 1 is 1.44 bits per heavy atom. The zero-order valence-corrected chi connectivity index (χ0v) is 11.2. The molecule has 1 aliphatic heterocycles. The van der Waals surface area contributed by atoms with Gasteiger partial charge >= 0.3 is 0 Å². The van der Waals surface area contributed by atoms with Crippen LogP contribution in [0, 0.1) is 0 Å². The number of hydrogen-bond acceptors (Lipinski definition) is 4. The lowest BCUT2D eigenvalue weighted by Gasteiger charge is -2.21. The molecule has 1 aromatic carbocycles. The predicted molar refractivity (Wildman–Crippen MR) is 71.2 cm³/mol. The van der Waals surface area contributed by atoms with Gasteiger partial charge < -0.3 is 10.6 Å². The summed E-state index contributed by atoms with van der Waals surface area (Å²) in [5.74, 6) is -0.408. The van der Waals surface area contributed by atoms with E-state index in [1.807, 2.05) is 12.1 Å². The first-order valence-electron chi connectivity index (χ1n) is 5.70. The molecule has 18 heavy (non-hydrogen) atoms. The number of nitrogen functional groups attached to an aromatic ring is 1. The molecule has 0 fully saturated rings. The third kappa shape index (κ3) is 2.08. The van der Waals surface area contributed by atoms with E-state index < -0.39 is 21.0 Å². The Hall–Kier alpha value is -1.56. The Morgan fingerprint density at radius 3 is 2.72 bits per heavy atom. The second-order valence-corrected chi connectivity index (χ2v) is 6.93. The summed E-state index contributed by atoms with van der Waals surface area (Å²) < 4.78 is 22.9. The molecule has 0 saturated carbocycles. The van der Waals surface area contributed by atoms with E-state index in [1.54, 1.807) is 6.07 Å². The van der Waals surface area contributed by atoms with Crippen LogP contribution in [0.4, 0.5) is 11.4 Å². The van der Waals surface area contributed by atoms with Crippen molar-refractivity contribution in [1.82, 2.24) is 0 Å². The number of hydrogen-bond donors (Lipinski definition) is 1. The van der Waals surface area contributed by atoms with E-state index in [9.17, 15) is 13.2 Å². The Labute approximate surface area is 107 Å². The first-order chi connectivity index (χ1) is 8.32. The van der Waals surface area contributed by atoms with Crippen LogP contribution in [-0.4, -0.2) is 32.4 Å². The Morgan fingerprint density at radius 2 is 2.11 bits per heavy atom. The van der Waals surface area contributed by atoms with Gasteiger partial charge in [0.2, 0.25) is 5.91 Å². The summed E-state index contributed by atoms with van der Waals surface area (Å²) in [5.41, 5.74) is 8.03. The molecule has 5 nitrogen and oxygen atoms in total. The second-order valence-electron chi connectivity index (χ2n) is 4.57. The molecule has 1 amide bonds. The van der Waals surface area contributed by atoms with E-state index in [0.29, 0.717) is 24.3 Å². The van der Waals surface area contributed by atoms with Gasteiger partial charge in [-0.25, -0.2) is 8.42 Å². The van der Waals surface area contributed by atoms with E-state index in [0.717, 1.165) is 11.8 Å². The van der Waals surface area contributed by atoms with E-state index in [4.69, 9.17) is 5.73 Å². The van der Waals surface area contributed by atoms with E-state index in [1.165, 1.54) is 11.8 Å². The van der Waals surface area contributed by atoms with Crippen molar-refractivity contribution < 1.29 is 13.2 Å². The average molecular weight is 268 g/mol. The van der Waals surface area contributed by atoms with Crippen molar-refractivity contribution in [3.8, 4) is 0 Å². The number of fused-ring (bicyclic) bond motifs is 1. The van der Waals surface area contributed by atoms with Crippen LogP contribution in [0.25, 0.3) is 0 Å². The van der Waals surface area contributed by atoms with Crippen molar-refractivity contribution in [3.05, 3.63) is 23.8 Å². The molecule has 0 spiro atoms. The number of carbonyl (C=O) groups is 1. The molecule has 0 bridgehead atoms. The van der Waals surface area contributed by atoms with Gasteiger partial charge in [-0.1, -0.05) is 12.1 Å². The molecule has 2 rings (SSSR count). The fourth-order valence-electron chi connectivity index (χ4n) is 2.11.